The standard InChI is InChI=1S/C29H36F3N5O2S/c30-29(31,32)23-7-4-8-24(19-23)35-15-17-36(18-16-35)27(38)25-20-40-26(34-25)22-10-13-37(14-11-22)28(39)33-12-9-21-5-2-1-3-6-21/h4-5,7-8,19-20,22H,1-3,6,9-18H2,(H,33,39). The third kappa shape index (κ3) is 6.97. The van der Waals surface area contributed by atoms with E-state index in [4.69, 9.17) is 0 Å². The van der Waals surface area contributed by atoms with Crippen LogP contribution in [0.1, 0.15) is 71.9 Å². The first kappa shape index (κ1) is 28.4. The molecule has 3 aliphatic rings. The summed E-state index contributed by atoms with van der Waals surface area (Å²) >= 11 is 1.49. The molecule has 7 nitrogen and oxygen atoms in total. The average molecular weight is 576 g/mol. The van der Waals surface area contributed by atoms with Gasteiger partial charge in [-0.05, 0) is 63.1 Å². The van der Waals surface area contributed by atoms with Crippen molar-refractivity contribution in [3.8, 4) is 0 Å². The molecular weight excluding hydrogens is 539 g/mol. The van der Waals surface area contributed by atoms with Crippen molar-refractivity contribution in [2.24, 2.45) is 0 Å². The number of alkyl halides is 3. The number of aromatic nitrogens is 1. The van der Waals surface area contributed by atoms with E-state index in [1.165, 1.54) is 35.8 Å². The highest BCUT2D eigenvalue weighted by molar-refractivity contribution is 7.09. The van der Waals surface area contributed by atoms with Crippen molar-refractivity contribution >= 4 is 29.0 Å². The first-order chi connectivity index (χ1) is 19.3. The van der Waals surface area contributed by atoms with Crippen molar-refractivity contribution in [1.29, 1.82) is 0 Å². The molecule has 2 aromatic rings. The minimum Gasteiger partial charge on any atom is -0.368 e. The van der Waals surface area contributed by atoms with Gasteiger partial charge in [0.2, 0.25) is 0 Å². The molecule has 1 N–H and O–H groups in total. The molecule has 5 rings (SSSR count). The van der Waals surface area contributed by atoms with Gasteiger partial charge in [0.05, 0.1) is 10.6 Å². The van der Waals surface area contributed by atoms with Crippen LogP contribution in [0.15, 0.2) is 41.3 Å². The smallest absolute Gasteiger partial charge is 0.368 e. The molecule has 3 amide bonds. The maximum absolute atomic E-state index is 13.1. The van der Waals surface area contributed by atoms with Crippen molar-refractivity contribution in [3.05, 3.63) is 57.6 Å². The number of thiazole rings is 1. The zero-order valence-corrected chi connectivity index (χ0v) is 23.4. The highest BCUT2D eigenvalue weighted by atomic mass is 32.1. The largest absolute Gasteiger partial charge is 0.416 e. The van der Waals surface area contributed by atoms with Gasteiger partial charge < -0.3 is 20.0 Å². The van der Waals surface area contributed by atoms with Crippen molar-refractivity contribution < 1.29 is 22.8 Å². The highest BCUT2D eigenvalue weighted by Crippen LogP contribution is 2.33. The van der Waals surface area contributed by atoms with Crippen LogP contribution in [-0.2, 0) is 6.18 Å². The topological polar surface area (TPSA) is 68.8 Å². The lowest BCUT2D eigenvalue weighted by atomic mass is 9.97. The van der Waals surface area contributed by atoms with Crippen molar-refractivity contribution in [1.82, 2.24) is 20.1 Å². The van der Waals surface area contributed by atoms with Crippen molar-refractivity contribution in [2.75, 3.05) is 50.7 Å². The van der Waals surface area contributed by atoms with Gasteiger partial charge in [-0.25, -0.2) is 9.78 Å². The van der Waals surface area contributed by atoms with Crippen molar-refractivity contribution in [3.63, 3.8) is 0 Å². The number of likely N-dealkylation sites (tertiary alicyclic amines) is 1. The molecule has 1 aromatic heterocycles. The van der Waals surface area contributed by atoms with Gasteiger partial charge in [0, 0.05) is 62.8 Å². The molecule has 0 saturated carbocycles. The number of carbonyl (C=O) groups excluding carboxylic acids is 2. The molecule has 0 spiro atoms. The Kier molecular flexibility index (Phi) is 8.97. The second-order valence-electron chi connectivity index (χ2n) is 10.7. The zero-order chi connectivity index (χ0) is 28.1. The first-order valence-corrected chi connectivity index (χ1v) is 15.0. The summed E-state index contributed by atoms with van der Waals surface area (Å²) in [6.45, 7) is 3.78. The van der Waals surface area contributed by atoms with Crippen LogP contribution in [0, 0.1) is 0 Å². The average Bonchev–Trinajstić information content (AvgIpc) is 3.48. The van der Waals surface area contributed by atoms with Gasteiger partial charge >= 0.3 is 12.2 Å². The maximum Gasteiger partial charge on any atom is 0.416 e. The third-order valence-electron chi connectivity index (χ3n) is 8.09. The molecule has 0 radical (unpaired) electrons. The number of halogens is 3. The van der Waals surface area contributed by atoms with Crippen LogP contribution in [0.2, 0.25) is 0 Å². The zero-order valence-electron chi connectivity index (χ0n) is 22.6. The predicted octanol–water partition coefficient (Wildman–Crippen LogP) is 5.90. The van der Waals surface area contributed by atoms with E-state index in [0.29, 0.717) is 57.2 Å². The van der Waals surface area contributed by atoms with E-state index in [0.717, 1.165) is 49.2 Å². The number of urea groups is 1. The molecule has 3 heterocycles. The minimum absolute atomic E-state index is 0.00543. The number of anilines is 1. The van der Waals surface area contributed by atoms with Gasteiger partial charge in [0.15, 0.2) is 0 Å². The Morgan fingerprint density at radius 2 is 1.80 bits per heavy atom. The number of allylic oxidation sites excluding steroid dienone is 1. The molecule has 1 aliphatic carbocycles. The molecule has 2 aliphatic heterocycles. The Labute approximate surface area is 237 Å². The normalized spacial score (nSPS) is 19.0. The quantitative estimate of drug-likeness (QED) is 0.436. The number of nitrogens with one attached hydrogen (secondary N) is 1. The summed E-state index contributed by atoms with van der Waals surface area (Å²) in [7, 11) is 0. The van der Waals surface area contributed by atoms with E-state index in [9.17, 15) is 22.8 Å². The second kappa shape index (κ2) is 12.6. The maximum atomic E-state index is 13.1. The number of rotatable bonds is 6. The fraction of sp³-hybridized carbons (Fsp3) is 0.552. The van der Waals surface area contributed by atoms with E-state index >= 15 is 0 Å². The lowest BCUT2D eigenvalue weighted by Gasteiger charge is -2.36. The Morgan fingerprint density at radius 3 is 2.50 bits per heavy atom. The molecule has 1 aromatic carbocycles. The molecule has 0 unspecified atom stereocenters. The fourth-order valence-corrected chi connectivity index (χ4v) is 6.65. The second-order valence-corrected chi connectivity index (χ2v) is 11.6. The predicted molar refractivity (Wildman–Crippen MR) is 150 cm³/mol. The van der Waals surface area contributed by atoms with Gasteiger partial charge in [0.25, 0.3) is 5.91 Å². The van der Waals surface area contributed by atoms with Gasteiger partial charge in [0.1, 0.15) is 5.69 Å². The van der Waals surface area contributed by atoms with E-state index in [1.54, 1.807) is 16.3 Å². The Hall–Kier alpha value is -3.08. The van der Waals surface area contributed by atoms with E-state index in [2.05, 4.69) is 16.4 Å². The van der Waals surface area contributed by atoms with Crippen LogP contribution >= 0.6 is 11.3 Å². The summed E-state index contributed by atoms with van der Waals surface area (Å²) in [4.78, 5) is 35.9. The molecule has 2 fully saturated rings. The lowest BCUT2D eigenvalue weighted by Crippen LogP contribution is -2.49. The van der Waals surface area contributed by atoms with Crippen molar-refractivity contribution in [2.45, 2.75) is 57.0 Å². The number of amides is 3. The number of piperazine rings is 1. The van der Waals surface area contributed by atoms with E-state index in [-0.39, 0.29) is 17.9 Å². The summed E-state index contributed by atoms with van der Waals surface area (Å²) in [6, 6.07) is 5.31. The molecule has 0 bridgehead atoms. The van der Waals surface area contributed by atoms with Crippen LogP contribution in [0.25, 0.3) is 0 Å². The molecule has 216 valence electrons. The number of nitrogens with zero attached hydrogens (tertiary/aromatic N) is 4. The summed E-state index contributed by atoms with van der Waals surface area (Å²) in [5.74, 6) is 0.0804. The van der Waals surface area contributed by atoms with Crippen LogP contribution in [0.3, 0.4) is 0 Å². The number of carbonyl (C=O) groups is 2. The lowest BCUT2D eigenvalue weighted by molar-refractivity contribution is -0.137. The van der Waals surface area contributed by atoms with E-state index < -0.39 is 11.7 Å². The minimum atomic E-state index is -4.38. The first-order valence-electron chi connectivity index (χ1n) is 14.2. The molecular formula is C29H36F3N5O2S. The number of hydrogen-bond acceptors (Lipinski definition) is 5. The molecule has 11 heteroatoms. The fourth-order valence-electron chi connectivity index (χ4n) is 5.69. The van der Waals surface area contributed by atoms with Gasteiger partial charge in [-0.15, -0.1) is 11.3 Å². The summed E-state index contributed by atoms with van der Waals surface area (Å²) in [5, 5.41) is 5.79. The van der Waals surface area contributed by atoms with Crippen LogP contribution in [0.5, 0.6) is 0 Å². The third-order valence-corrected chi connectivity index (χ3v) is 9.09. The van der Waals surface area contributed by atoms with Gasteiger partial charge in [-0.3, -0.25) is 4.79 Å². The molecule has 40 heavy (non-hydrogen) atoms. The van der Waals surface area contributed by atoms with Crippen LogP contribution < -0.4 is 10.2 Å². The molecule has 2 saturated heterocycles. The van der Waals surface area contributed by atoms with Gasteiger partial charge in [-0.2, -0.15) is 13.2 Å². The highest BCUT2D eigenvalue weighted by Gasteiger charge is 2.32. The monoisotopic (exact) mass is 575 g/mol. The summed E-state index contributed by atoms with van der Waals surface area (Å²) < 4.78 is 39.3. The van der Waals surface area contributed by atoms with Crippen LogP contribution in [-0.4, -0.2) is 72.5 Å². The summed E-state index contributed by atoms with van der Waals surface area (Å²) in [5.41, 5.74) is 1.72. The Bertz CT molecular complexity index is 1210. The van der Waals surface area contributed by atoms with Gasteiger partial charge in [-0.1, -0.05) is 17.7 Å². The number of benzene rings is 1. The number of hydrogen-bond donors (Lipinski definition) is 1. The van der Waals surface area contributed by atoms with Crippen LogP contribution in [0.4, 0.5) is 23.7 Å². The Morgan fingerprint density at radius 1 is 1.02 bits per heavy atom. The summed E-state index contributed by atoms with van der Waals surface area (Å²) in [6.07, 6.45) is 5.31. The Balaban J connectivity index is 1.07. The number of piperidine rings is 1. The molecule has 0 atom stereocenters. The SMILES string of the molecule is O=C(NCCC1=CCCCC1)N1CCC(c2nc(C(=O)N3CCN(c4cccc(C(F)(F)F)c4)CC3)cs2)CC1. The van der Waals surface area contributed by atoms with E-state index in [1.807, 2.05) is 9.80 Å².